The molecule has 0 spiro atoms. The topological polar surface area (TPSA) is 41.1 Å². The highest BCUT2D eigenvalue weighted by atomic mass is 15.2. The van der Waals surface area contributed by atoms with Gasteiger partial charge < -0.3 is 10.2 Å². The summed E-state index contributed by atoms with van der Waals surface area (Å²) in [6.45, 7) is 9.56. The molecule has 4 heteroatoms. The van der Waals surface area contributed by atoms with Gasteiger partial charge in [0, 0.05) is 31.9 Å². The maximum Gasteiger partial charge on any atom is 0.147 e. The van der Waals surface area contributed by atoms with Crippen LogP contribution in [0, 0.1) is 12.8 Å². The van der Waals surface area contributed by atoms with Gasteiger partial charge >= 0.3 is 0 Å². The fourth-order valence-electron chi connectivity index (χ4n) is 2.04. The lowest BCUT2D eigenvalue weighted by atomic mass is 10.0. The molecule has 4 nitrogen and oxygen atoms in total. The lowest BCUT2D eigenvalue weighted by Gasteiger charge is -2.36. The number of aryl methyl sites for hydroxylation is 1. The maximum absolute atomic E-state index is 4.53. The molecule has 0 saturated carbocycles. The van der Waals surface area contributed by atoms with Crippen molar-refractivity contribution in [2.24, 2.45) is 5.92 Å². The van der Waals surface area contributed by atoms with Crippen molar-refractivity contribution in [3.63, 3.8) is 0 Å². The molecular weight excluding hydrogens is 200 g/mol. The normalized spacial score (nSPS) is 21.5. The molecule has 0 aliphatic carbocycles. The third-order valence-corrected chi connectivity index (χ3v) is 3.08. The van der Waals surface area contributed by atoms with Crippen LogP contribution in [0.15, 0.2) is 12.4 Å². The molecule has 0 bridgehead atoms. The molecule has 1 unspecified atom stereocenters. The summed E-state index contributed by atoms with van der Waals surface area (Å²) < 4.78 is 0. The molecular formula is C12H20N4. The standard InChI is InChI=1S/C12H20N4/c1-9(2)11-8-16(5-4-14-11)12-7-13-6-10(3)15-12/h6-7,9,11,14H,4-5,8H2,1-3H3. The number of nitrogens with zero attached hydrogens (tertiary/aromatic N) is 3. The van der Waals surface area contributed by atoms with Crippen LogP contribution in [0.25, 0.3) is 0 Å². The molecule has 0 amide bonds. The molecule has 1 fully saturated rings. The van der Waals surface area contributed by atoms with Crippen molar-refractivity contribution >= 4 is 5.82 Å². The first kappa shape index (κ1) is 11.3. The summed E-state index contributed by atoms with van der Waals surface area (Å²) in [5.74, 6) is 1.66. The van der Waals surface area contributed by atoms with E-state index in [1.807, 2.05) is 13.1 Å². The summed E-state index contributed by atoms with van der Waals surface area (Å²) >= 11 is 0. The highest BCUT2D eigenvalue weighted by Crippen LogP contribution is 2.15. The van der Waals surface area contributed by atoms with Gasteiger partial charge in [0.25, 0.3) is 0 Å². The van der Waals surface area contributed by atoms with Crippen LogP contribution in [0.1, 0.15) is 19.5 Å². The van der Waals surface area contributed by atoms with E-state index in [-0.39, 0.29) is 0 Å². The monoisotopic (exact) mass is 220 g/mol. The largest absolute Gasteiger partial charge is 0.352 e. The van der Waals surface area contributed by atoms with Crippen molar-refractivity contribution in [3.8, 4) is 0 Å². The Balaban J connectivity index is 2.09. The predicted octanol–water partition coefficient (Wildman–Crippen LogP) is 1.22. The van der Waals surface area contributed by atoms with E-state index < -0.39 is 0 Å². The minimum atomic E-state index is 0.552. The highest BCUT2D eigenvalue weighted by Gasteiger charge is 2.22. The number of anilines is 1. The fraction of sp³-hybridized carbons (Fsp3) is 0.667. The van der Waals surface area contributed by atoms with Gasteiger partial charge in [-0.2, -0.15) is 0 Å². The number of rotatable bonds is 2. The van der Waals surface area contributed by atoms with Gasteiger partial charge in [0.15, 0.2) is 0 Å². The summed E-state index contributed by atoms with van der Waals surface area (Å²) in [5.41, 5.74) is 0.983. The van der Waals surface area contributed by atoms with Gasteiger partial charge in [0.1, 0.15) is 5.82 Å². The van der Waals surface area contributed by atoms with Crippen LogP contribution in [0.2, 0.25) is 0 Å². The molecule has 1 aliphatic heterocycles. The van der Waals surface area contributed by atoms with Crippen LogP contribution in [0.4, 0.5) is 5.82 Å². The SMILES string of the molecule is Cc1cncc(N2CCNC(C(C)C)C2)n1. The molecule has 0 radical (unpaired) electrons. The Morgan fingerprint density at radius 1 is 1.44 bits per heavy atom. The van der Waals surface area contributed by atoms with E-state index in [1.54, 1.807) is 6.20 Å². The molecule has 1 aromatic heterocycles. The Hall–Kier alpha value is -1.16. The van der Waals surface area contributed by atoms with Gasteiger partial charge in [-0.25, -0.2) is 4.98 Å². The van der Waals surface area contributed by atoms with E-state index in [0.29, 0.717) is 12.0 Å². The highest BCUT2D eigenvalue weighted by molar-refractivity contribution is 5.37. The fourth-order valence-corrected chi connectivity index (χ4v) is 2.04. The van der Waals surface area contributed by atoms with E-state index >= 15 is 0 Å². The molecule has 2 rings (SSSR count). The zero-order chi connectivity index (χ0) is 11.5. The van der Waals surface area contributed by atoms with E-state index in [1.165, 1.54) is 0 Å². The number of piperazine rings is 1. The first-order valence-corrected chi connectivity index (χ1v) is 5.94. The number of nitrogens with one attached hydrogen (secondary N) is 1. The van der Waals surface area contributed by atoms with E-state index in [2.05, 4.69) is 34.0 Å². The average molecular weight is 220 g/mol. The smallest absolute Gasteiger partial charge is 0.147 e. The molecule has 16 heavy (non-hydrogen) atoms. The molecule has 1 aromatic rings. The zero-order valence-electron chi connectivity index (χ0n) is 10.3. The van der Waals surface area contributed by atoms with Crippen molar-refractivity contribution in [3.05, 3.63) is 18.1 Å². The van der Waals surface area contributed by atoms with Gasteiger partial charge in [0.05, 0.1) is 11.9 Å². The van der Waals surface area contributed by atoms with E-state index in [4.69, 9.17) is 0 Å². The Morgan fingerprint density at radius 2 is 2.25 bits per heavy atom. The third kappa shape index (κ3) is 2.50. The number of hydrogen-bond donors (Lipinski definition) is 1. The minimum absolute atomic E-state index is 0.552. The van der Waals surface area contributed by atoms with Crippen molar-refractivity contribution in [2.45, 2.75) is 26.8 Å². The van der Waals surface area contributed by atoms with Gasteiger partial charge in [0.2, 0.25) is 0 Å². The van der Waals surface area contributed by atoms with Crippen molar-refractivity contribution in [2.75, 3.05) is 24.5 Å². The van der Waals surface area contributed by atoms with Crippen LogP contribution in [0.3, 0.4) is 0 Å². The number of hydrogen-bond acceptors (Lipinski definition) is 4. The van der Waals surface area contributed by atoms with Crippen molar-refractivity contribution in [1.29, 1.82) is 0 Å². The van der Waals surface area contributed by atoms with Gasteiger partial charge in [-0.3, -0.25) is 4.98 Å². The summed E-state index contributed by atoms with van der Waals surface area (Å²) in [4.78, 5) is 11.1. The van der Waals surface area contributed by atoms with Crippen molar-refractivity contribution in [1.82, 2.24) is 15.3 Å². The second-order valence-electron chi connectivity index (χ2n) is 4.77. The first-order chi connectivity index (χ1) is 7.66. The third-order valence-electron chi connectivity index (χ3n) is 3.08. The lowest BCUT2D eigenvalue weighted by molar-refractivity contribution is 0.367. The van der Waals surface area contributed by atoms with E-state index in [0.717, 1.165) is 31.1 Å². The molecule has 0 aromatic carbocycles. The Labute approximate surface area is 97.1 Å². The van der Waals surface area contributed by atoms with Crippen LogP contribution in [0.5, 0.6) is 0 Å². The molecule has 1 atom stereocenters. The molecule has 1 N–H and O–H groups in total. The minimum Gasteiger partial charge on any atom is -0.352 e. The molecule has 1 saturated heterocycles. The van der Waals surface area contributed by atoms with Crippen LogP contribution in [-0.4, -0.2) is 35.6 Å². The average Bonchev–Trinajstić information content (AvgIpc) is 2.29. The Morgan fingerprint density at radius 3 is 2.94 bits per heavy atom. The first-order valence-electron chi connectivity index (χ1n) is 5.94. The van der Waals surface area contributed by atoms with Gasteiger partial charge in [-0.05, 0) is 12.8 Å². The quantitative estimate of drug-likeness (QED) is 0.813. The second kappa shape index (κ2) is 4.78. The Bertz CT molecular complexity index is 351. The molecule has 2 heterocycles. The summed E-state index contributed by atoms with van der Waals surface area (Å²) in [6.07, 6.45) is 3.65. The molecule has 88 valence electrons. The van der Waals surface area contributed by atoms with Crippen LogP contribution < -0.4 is 10.2 Å². The van der Waals surface area contributed by atoms with E-state index in [9.17, 15) is 0 Å². The summed E-state index contributed by atoms with van der Waals surface area (Å²) in [5, 5.41) is 3.54. The van der Waals surface area contributed by atoms with Crippen LogP contribution >= 0.6 is 0 Å². The number of aromatic nitrogens is 2. The van der Waals surface area contributed by atoms with Gasteiger partial charge in [-0.15, -0.1) is 0 Å². The predicted molar refractivity (Wildman–Crippen MR) is 65.6 cm³/mol. The summed E-state index contributed by atoms with van der Waals surface area (Å²) in [7, 11) is 0. The lowest BCUT2D eigenvalue weighted by Crippen LogP contribution is -2.53. The Kier molecular flexibility index (Phi) is 3.39. The van der Waals surface area contributed by atoms with Crippen LogP contribution in [-0.2, 0) is 0 Å². The zero-order valence-corrected chi connectivity index (χ0v) is 10.3. The maximum atomic E-state index is 4.53. The second-order valence-corrected chi connectivity index (χ2v) is 4.77. The van der Waals surface area contributed by atoms with Gasteiger partial charge in [-0.1, -0.05) is 13.8 Å². The van der Waals surface area contributed by atoms with Crippen molar-refractivity contribution < 1.29 is 0 Å². The summed E-state index contributed by atoms with van der Waals surface area (Å²) in [6, 6.07) is 0.552. The molecule has 1 aliphatic rings.